The molecule has 2 aromatic carbocycles. The molecular formula is C10H8ClNO4S. The Bertz CT molecular complexity index is 712. The number of nitrogen functional groups attached to an aromatic ring is 1. The molecule has 0 unspecified atom stereocenters. The first kappa shape index (κ1) is 12.0. The van der Waals surface area contributed by atoms with Crippen LogP contribution in [0.4, 0.5) is 5.69 Å². The molecule has 0 spiro atoms. The molecule has 0 aliphatic carbocycles. The first-order chi connectivity index (χ1) is 7.80. The normalized spacial score (nSPS) is 11.9. The minimum atomic E-state index is -4.41. The van der Waals surface area contributed by atoms with E-state index in [2.05, 4.69) is 0 Å². The molecule has 0 fully saturated rings. The second-order valence-corrected chi connectivity index (χ2v) is 5.28. The lowest BCUT2D eigenvalue weighted by Crippen LogP contribution is -1.98. The number of anilines is 1. The zero-order chi connectivity index (χ0) is 12.8. The Labute approximate surface area is 102 Å². The fourth-order valence-electron chi connectivity index (χ4n) is 1.52. The third-order valence-corrected chi connectivity index (χ3v) is 3.60. The van der Waals surface area contributed by atoms with Gasteiger partial charge in [0.05, 0.1) is 15.6 Å². The number of hydrogen-bond donors (Lipinski definition) is 3. The maximum absolute atomic E-state index is 11.0. The van der Waals surface area contributed by atoms with E-state index in [1.807, 2.05) is 0 Å². The van der Waals surface area contributed by atoms with Gasteiger partial charge in [-0.25, -0.2) is 0 Å². The van der Waals surface area contributed by atoms with Gasteiger partial charge in [-0.05, 0) is 18.2 Å². The van der Waals surface area contributed by atoms with E-state index in [1.54, 1.807) is 0 Å². The molecule has 0 radical (unpaired) electrons. The summed E-state index contributed by atoms with van der Waals surface area (Å²) >= 11 is 5.91. The summed E-state index contributed by atoms with van der Waals surface area (Å²) in [7, 11) is -4.41. The van der Waals surface area contributed by atoms with Gasteiger partial charge in [-0.3, -0.25) is 4.55 Å². The van der Waals surface area contributed by atoms with Crippen molar-refractivity contribution in [1.82, 2.24) is 0 Å². The fraction of sp³-hybridized carbons (Fsp3) is 0. The summed E-state index contributed by atoms with van der Waals surface area (Å²) in [6, 6.07) is 5.12. The Hall–Kier alpha value is -1.50. The number of hydrogen-bond acceptors (Lipinski definition) is 4. The van der Waals surface area contributed by atoms with Crippen LogP contribution in [-0.2, 0) is 10.1 Å². The molecule has 0 bridgehead atoms. The number of aromatic hydroxyl groups is 1. The lowest BCUT2D eigenvalue weighted by atomic mass is 10.1. The van der Waals surface area contributed by atoms with Gasteiger partial charge in [0, 0.05) is 16.8 Å². The monoisotopic (exact) mass is 273 g/mol. The van der Waals surface area contributed by atoms with Crippen LogP contribution in [0.15, 0.2) is 29.2 Å². The van der Waals surface area contributed by atoms with Crippen molar-refractivity contribution in [2.45, 2.75) is 4.90 Å². The van der Waals surface area contributed by atoms with Crippen LogP contribution in [0.1, 0.15) is 0 Å². The summed E-state index contributed by atoms with van der Waals surface area (Å²) in [5.74, 6) is -0.294. The number of phenols is 1. The highest BCUT2D eigenvalue weighted by Crippen LogP contribution is 2.35. The minimum absolute atomic E-state index is 0.128. The number of halogens is 1. The molecule has 17 heavy (non-hydrogen) atoms. The summed E-state index contributed by atoms with van der Waals surface area (Å²) in [5, 5.41) is 10.4. The van der Waals surface area contributed by atoms with Crippen molar-refractivity contribution in [3.8, 4) is 5.75 Å². The quantitative estimate of drug-likeness (QED) is 0.545. The highest BCUT2D eigenvalue weighted by Gasteiger charge is 2.15. The Morgan fingerprint density at radius 1 is 1.18 bits per heavy atom. The molecule has 0 saturated carbocycles. The van der Waals surface area contributed by atoms with Crippen molar-refractivity contribution in [3.05, 3.63) is 29.3 Å². The maximum atomic E-state index is 11.0. The zero-order valence-electron chi connectivity index (χ0n) is 8.38. The van der Waals surface area contributed by atoms with E-state index in [1.165, 1.54) is 12.1 Å². The average Bonchev–Trinajstić information content (AvgIpc) is 2.22. The second-order valence-electron chi connectivity index (χ2n) is 3.48. The van der Waals surface area contributed by atoms with Crippen molar-refractivity contribution in [2.75, 3.05) is 5.73 Å². The van der Waals surface area contributed by atoms with Crippen LogP contribution in [0, 0.1) is 0 Å². The van der Waals surface area contributed by atoms with Gasteiger partial charge in [-0.15, -0.1) is 0 Å². The smallest absolute Gasteiger partial charge is 0.294 e. The topological polar surface area (TPSA) is 101 Å². The molecule has 4 N–H and O–H groups in total. The SMILES string of the molecule is Nc1ccc2c(O)cc(S(=O)(=O)O)cc2c1Cl. The molecule has 0 saturated heterocycles. The van der Waals surface area contributed by atoms with E-state index in [0.717, 1.165) is 12.1 Å². The lowest BCUT2D eigenvalue weighted by molar-refractivity contribution is 0.471. The van der Waals surface area contributed by atoms with E-state index in [-0.39, 0.29) is 21.8 Å². The number of rotatable bonds is 1. The predicted octanol–water partition coefficient (Wildman–Crippen LogP) is 2.03. The van der Waals surface area contributed by atoms with Crippen molar-refractivity contribution in [2.24, 2.45) is 0 Å². The molecule has 0 heterocycles. The molecule has 0 amide bonds. The molecule has 2 rings (SSSR count). The molecule has 0 aromatic heterocycles. The second kappa shape index (κ2) is 3.76. The molecule has 0 aliphatic rings. The summed E-state index contributed by atoms with van der Waals surface area (Å²) < 4.78 is 30.9. The average molecular weight is 274 g/mol. The predicted molar refractivity (Wildman–Crippen MR) is 64.8 cm³/mol. The van der Waals surface area contributed by atoms with E-state index < -0.39 is 15.0 Å². The maximum Gasteiger partial charge on any atom is 0.294 e. The van der Waals surface area contributed by atoms with Crippen LogP contribution in [0.25, 0.3) is 10.8 Å². The largest absolute Gasteiger partial charge is 0.507 e. The van der Waals surface area contributed by atoms with Gasteiger partial charge in [-0.1, -0.05) is 11.6 Å². The minimum Gasteiger partial charge on any atom is -0.507 e. The van der Waals surface area contributed by atoms with Crippen molar-refractivity contribution in [3.63, 3.8) is 0 Å². The fourth-order valence-corrected chi connectivity index (χ4v) is 2.27. The summed E-state index contributed by atoms with van der Waals surface area (Å²) in [4.78, 5) is -0.435. The van der Waals surface area contributed by atoms with Crippen molar-refractivity contribution >= 4 is 38.2 Å². The Morgan fingerprint density at radius 3 is 2.41 bits per heavy atom. The Morgan fingerprint density at radius 2 is 1.82 bits per heavy atom. The Kier molecular flexibility index (Phi) is 2.65. The van der Waals surface area contributed by atoms with Crippen LogP contribution in [0.3, 0.4) is 0 Å². The standard InChI is InChI=1S/C10H8ClNO4S/c11-10-7-3-5(17(14,15)16)4-9(13)6(7)1-2-8(10)12/h1-4,13H,12H2,(H,14,15,16). The lowest BCUT2D eigenvalue weighted by Gasteiger charge is -2.07. The highest BCUT2D eigenvalue weighted by atomic mass is 35.5. The summed E-state index contributed by atoms with van der Waals surface area (Å²) in [5.41, 5.74) is 5.83. The highest BCUT2D eigenvalue weighted by molar-refractivity contribution is 7.85. The molecule has 5 nitrogen and oxygen atoms in total. The van der Waals surface area contributed by atoms with Gasteiger partial charge in [0.15, 0.2) is 0 Å². The van der Waals surface area contributed by atoms with Gasteiger partial charge in [-0.2, -0.15) is 8.42 Å². The van der Waals surface area contributed by atoms with E-state index in [9.17, 15) is 13.5 Å². The first-order valence-corrected chi connectivity index (χ1v) is 6.30. The van der Waals surface area contributed by atoms with Crippen LogP contribution < -0.4 is 5.73 Å². The molecular weight excluding hydrogens is 266 g/mol. The third-order valence-electron chi connectivity index (χ3n) is 2.35. The number of nitrogens with two attached hydrogens (primary N) is 1. The number of fused-ring (bicyclic) bond motifs is 1. The van der Waals surface area contributed by atoms with Crippen molar-refractivity contribution in [1.29, 1.82) is 0 Å². The molecule has 0 aliphatic heterocycles. The van der Waals surface area contributed by atoms with Gasteiger partial charge in [0.1, 0.15) is 5.75 Å². The van der Waals surface area contributed by atoms with Crippen LogP contribution in [0.2, 0.25) is 5.02 Å². The Balaban J connectivity index is 2.94. The zero-order valence-corrected chi connectivity index (χ0v) is 9.96. The summed E-state index contributed by atoms with van der Waals surface area (Å²) in [6.45, 7) is 0. The van der Waals surface area contributed by atoms with E-state index in [4.69, 9.17) is 21.9 Å². The summed E-state index contributed by atoms with van der Waals surface area (Å²) in [6.07, 6.45) is 0. The third kappa shape index (κ3) is 2.02. The first-order valence-electron chi connectivity index (χ1n) is 4.49. The van der Waals surface area contributed by atoms with Gasteiger partial charge < -0.3 is 10.8 Å². The van der Waals surface area contributed by atoms with Crippen LogP contribution >= 0.6 is 11.6 Å². The van der Waals surface area contributed by atoms with Gasteiger partial charge >= 0.3 is 0 Å². The molecule has 0 atom stereocenters. The van der Waals surface area contributed by atoms with Gasteiger partial charge in [0.25, 0.3) is 10.1 Å². The molecule has 90 valence electrons. The number of phenolic OH excluding ortho intramolecular Hbond substituents is 1. The van der Waals surface area contributed by atoms with Crippen LogP contribution in [-0.4, -0.2) is 18.1 Å². The van der Waals surface area contributed by atoms with Gasteiger partial charge in [0.2, 0.25) is 0 Å². The van der Waals surface area contributed by atoms with Crippen molar-refractivity contribution < 1.29 is 18.1 Å². The van der Waals surface area contributed by atoms with E-state index >= 15 is 0 Å². The molecule has 7 heteroatoms. The van der Waals surface area contributed by atoms with Crippen LogP contribution in [0.5, 0.6) is 5.75 Å². The van der Waals surface area contributed by atoms with E-state index in [0.29, 0.717) is 5.39 Å². The molecule has 2 aromatic rings. The number of benzene rings is 2.